The van der Waals surface area contributed by atoms with Crippen LogP contribution in [0, 0.1) is 11.7 Å². The minimum atomic E-state index is -0.318. The highest BCUT2D eigenvalue weighted by Crippen LogP contribution is 2.17. The van der Waals surface area contributed by atoms with Gasteiger partial charge in [0.2, 0.25) is 0 Å². The molecule has 0 spiro atoms. The van der Waals surface area contributed by atoms with E-state index in [0.29, 0.717) is 0 Å². The Morgan fingerprint density at radius 1 is 1.50 bits per heavy atom. The molecule has 1 aromatic carbocycles. The zero-order chi connectivity index (χ0) is 13.1. The summed E-state index contributed by atoms with van der Waals surface area (Å²) in [6.45, 7) is 4.20. The smallest absolute Gasteiger partial charge is 0.146 e. The molecule has 1 heterocycles. The van der Waals surface area contributed by atoms with E-state index in [1.54, 1.807) is 6.07 Å². The van der Waals surface area contributed by atoms with Gasteiger partial charge in [-0.3, -0.25) is 0 Å². The molecule has 0 aromatic heterocycles. The van der Waals surface area contributed by atoms with Crippen LogP contribution in [0.1, 0.15) is 12.0 Å². The van der Waals surface area contributed by atoms with Gasteiger partial charge in [0, 0.05) is 19.6 Å². The van der Waals surface area contributed by atoms with Gasteiger partial charge in [0.1, 0.15) is 5.82 Å². The number of hydrogen-bond acceptors (Lipinski definition) is 3. The molecule has 100 valence electrons. The van der Waals surface area contributed by atoms with Gasteiger partial charge >= 0.3 is 0 Å². The standard InChI is InChI=1S/C14H22FN3/c1-17-6-5-12(9-17)10-18(2)8-11-3-4-14(16)13(15)7-11/h3-4,7,12H,5-6,8-10,16H2,1-2H3. The molecular formula is C14H22FN3. The van der Waals surface area contributed by atoms with Gasteiger partial charge in [-0.1, -0.05) is 6.07 Å². The summed E-state index contributed by atoms with van der Waals surface area (Å²) in [5, 5.41) is 0. The fourth-order valence-electron chi connectivity index (χ4n) is 2.66. The molecule has 0 saturated carbocycles. The summed E-state index contributed by atoms with van der Waals surface area (Å²) in [6.07, 6.45) is 1.26. The van der Waals surface area contributed by atoms with E-state index in [-0.39, 0.29) is 11.5 Å². The second-order valence-corrected chi connectivity index (χ2v) is 5.47. The number of benzene rings is 1. The predicted octanol–water partition coefficient (Wildman–Crippen LogP) is 1.79. The zero-order valence-electron chi connectivity index (χ0n) is 11.2. The van der Waals surface area contributed by atoms with Crippen molar-refractivity contribution in [3.05, 3.63) is 29.6 Å². The Morgan fingerprint density at radius 3 is 2.89 bits per heavy atom. The molecule has 1 fully saturated rings. The largest absolute Gasteiger partial charge is 0.396 e. The van der Waals surface area contributed by atoms with Crippen LogP contribution in [0.3, 0.4) is 0 Å². The first-order valence-electron chi connectivity index (χ1n) is 6.45. The second-order valence-electron chi connectivity index (χ2n) is 5.47. The molecule has 18 heavy (non-hydrogen) atoms. The molecule has 2 rings (SSSR count). The van der Waals surface area contributed by atoms with Crippen LogP contribution in [-0.2, 0) is 6.54 Å². The molecule has 1 unspecified atom stereocenters. The molecule has 0 amide bonds. The third-order valence-electron chi connectivity index (χ3n) is 3.58. The Morgan fingerprint density at radius 2 is 2.28 bits per heavy atom. The van der Waals surface area contributed by atoms with Crippen molar-refractivity contribution < 1.29 is 4.39 Å². The number of nitrogen functional groups attached to an aromatic ring is 1. The van der Waals surface area contributed by atoms with Crippen molar-refractivity contribution in [2.45, 2.75) is 13.0 Å². The van der Waals surface area contributed by atoms with E-state index in [9.17, 15) is 4.39 Å². The molecule has 1 aliphatic heterocycles. The molecule has 1 aliphatic rings. The Labute approximate surface area is 108 Å². The quantitative estimate of drug-likeness (QED) is 0.828. The number of likely N-dealkylation sites (tertiary alicyclic amines) is 1. The summed E-state index contributed by atoms with van der Waals surface area (Å²) < 4.78 is 13.3. The van der Waals surface area contributed by atoms with E-state index < -0.39 is 0 Å². The maximum absolute atomic E-state index is 13.3. The summed E-state index contributed by atoms with van der Waals surface area (Å²) in [4.78, 5) is 4.62. The molecule has 0 radical (unpaired) electrons. The first-order valence-corrected chi connectivity index (χ1v) is 6.45. The molecule has 3 nitrogen and oxygen atoms in total. The van der Waals surface area contributed by atoms with Crippen LogP contribution in [0.25, 0.3) is 0 Å². The Bertz CT molecular complexity index is 408. The molecule has 1 atom stereocenters. The summed E-state index contributed by atoms with van der Waals surface area (Å²) in [5.74, 6) is 0.417. The van der Waals surface area contributed by atoms with Crippen LogP contribution in [0.5, 0.6) is 0 Å². The van der Waals surface area contributed by atoms with Crippen LogP contribution in [-0.4, -0.2) is 43.5 Å². The highest BCUT2D eigenvalue weighted by Gasteiger charge is 2.20. The average Bonchev–Trinajstić information content (AvgIpc) is 2.69. The number of anilines is 1. The van der Waals surface area contributed by atoms with Crippen LogP contribution >= 0.6 is 0 Å². The third-order valence-corrected chi connectivity index (χ3v) is 3.58. The first-order chi connectivity index (χ1) is 8.54. The highest BCUT2D eigenvalue weighted by molar-refractivity contribution is 5.41. The lowest BCUT2D eigenvalue weighted by Crippen LogP contribution is -2.27. The minimum Gasteiger partial charge on any atom is -0.396 e. The number of halogens is 1. The summed E-state index contributed by atoms with van der Waals surface area (Å²) in [5.41, 5.74) is 6.68. The van der Waals surface area contributed by atoms with Crippen LogP contribution in [0.4, 0.5) is 10.1 Å². The maximum Gasteiger partial charge on any atom is 0.146 e. The van der Waals surface area contributed by atoms with Crippen molar-refractivity contribution in [1.82, 2.24) is 9.80 Å². The van der Waals surface area contributed by atoms with Crippen LogP contribution in [0.2, 0.25) is 0 Å². The van der Waals surface area contributed by atoms with Crippen molar-refractivity contribution >= 4 is 5.69 Å². The van der Waals surface area contributed by atoms with E-state index in [4.69, 9.17) is 5.73 Å². The molecule has 1 aromatic rings. The van der Waals surface area contributed by atoms with E-state index >= 15 is 0 Å². The Kier molecular flexibility index (Phi) is 4.19. The molecule has 2 N–H and O–H groups in total. The molecule has 0 aliphatic carbocycles. The van der Waals surface area contributed by atoms with Crippen LogP contribution < -0.4 is 5.73 Å². The van der Waals surface area contributed by atoms with Gasteiger partial charge in [-0.15, -0.1) is 0 Å². The fourth-order valence-corrected chi connectivity index (χ4v) is 2.66. The highest BCUT2D eigenvalue weighted by atomic mass is 19.1. The maximum atomic E-state index is 13.3. The predicted molar refractivity (Wildman–Crippen MR) is 72.8 cm³/mol. The van der Waals surface area contributed by atoms with E-state index in [0.717, 1.165) is 24.6 Å². The average molecular weight is 251 g/mol. The third kappa shape index (κ3) is 3.43. The lowest BCUT2D eigenvalue weighted by Gasteiger charge is -2.21. The first kappa shape index (κ1) is 13.3. The van der Waals surface area contributed by atoms with Crippen molar-refractivity contribution in [1.29, 1.82) is 0 Å². The van der Waals surface area contributed by atoms with Crippen molar-refractivity contribution in [2.24, 2.45) is 5.92 Å². The lowest BCUT2D eigenvalue weighted by atomic mass is 10.1. The van der Waals surface area contributed by atoms with Crippen molar-refractivity contribution in [3.8, 4) is 0 Å². The Hall–Kier alpha value is -1.13. The Balaban J connectivity index is 1.86. The van der Waals surface area contributed by atoms with Gasteiger partial charge in [0.25, 0.3) is 0 Å². The molecular weight excluding hydrogens is 229 g/mol. The number of nitrogens with zero attached hydrogens (tertiary/aromatic N) is 2. The van der Waals surface area contributed by atoms with Crippen LogP contribution in [0.15, 0.2) is 18.2 Å². The van der Waals surface area contributed by atoms with Gasteiger partial charge in [0.15, 0.2) is 0 Å². The SMILES string of the molecule is CN1CCC(CN(C)Cc2ccc(N)c(F)c2)C1. The topological polar surface area (TPSA) is 32.5 Å². The molecule has 4 heteroatoms. The van der Waals surface area contributed by atoms with E-state index in [1.807, 2.05) is 6.07 Å². The van der Waals surface area contributed by atoms with Gasteiger partial charge in [0.05, 0.1) is 5.69 Å². The summed E-state index contributed by atoms with van der Waals surface area (Å²) >= 11 is 0. The van der Waals surface area contributed by atoms with Gasteiger partial charge < -0.3 is 15.5 Å². The van der Waals surface area contributed by atoms with E-state index in [1.165, 1.54) is 25.6 Å². The molecule has 0 bridgehead atoms. The number of hydrogen-bond donors (Lipinski definition) is 1. The minimum absolute atomic E-state index is 0.221. The zero-order valence-corrected chi connectivity index (χ0v) is 11.2. The van der Waals surface area contributed by atoms with Crippen molar-refractivity contribution in [2.75, 3.05) is 39.5 Å². The number of rotatable bonds is 4. The van der Waals surface area contributed by atoms with Gasteiger partial charge in [-0.2, -0.15) is 0 Å². The monoisotopic (exact) mass is 251 g/mol. The normalized spacial score (nSPS) is 20.8. The summed E-state index contributed by atoms with van der Waals surface area (Å²) in [7, 11) is 4.25. The molecule has 1 saturated heterocycles. The fraction of sp³-hybridized carbons (Fsp3) is 0.571. The van der Waals surface area contributed by atoms with Crippen molar-refractivity contribution in [3.63, 3.8) is 0 Å². The van der Waals surface area contributed by atoms with E-state index in [2.05, 4.69) is 23.9 Å². The van der Waals surface area contributed by atoms with Gasteiger partial charge in [-0.05, 0) is 50.7 Å². The summed E-state index contributed by atoms with van der Waals surface area (Å²) in [6, 6.07) is 5.07. The van der Waals surface area contributed by atoms with Gasteiger partial charge in [-0.25, -0.2) is 4.39 Å². The second kappa shape index (κ2) is 5.67. The number of nitrogens with two attached hydrogens (primary N) is 1. The lowest BCUT2D eigenvalue weighted by molar-refractivity contribution is 0.267.